The van der Waals surface area contributed by atoms with Crippen LogP contribution in [0.5, 0.6) is 0 Å². The molecule has 3 atom stereocenters. The smallest absolute Gasteiger partial charge is 0.0192 e. The molecule has 0 saturated carbocycles. The molecule has 1 aliphatic heterocycles. The lowest BCUT2D eigenvalue weighted by atomic mass is 9.88. The van der Waals surface area contributed by atoms with Crippen LogP contribution >= 0.6 is 0 Å². The van der Waals surface area contributed by atoms with Gasteiger partial charge in [-0.1, -0.05) is 27.7 Å². The van der Waals surface area contributed by atoms with Gasteiger partial charge in [-0.3, -0.25) is 4.90 Å². The van der Waals surface area contributed by atoms with Crippen LogP contribution < -0.4 is 5.32 Å². The van der Waals surface area contributed by atoms with Gasteiger partial charge >= 0.3 is 0 Å². The normalized spacial score (nSPS) is 29.6. The van der Waals surface area contributed by atoms with Crippen molar-refractivity contribution in [1.29, 1.82) is 0 Å². The summed E-state index contributed by atoms with van der Waals surface area (Å²) in [4.78, 5) is 2.65. The Labute approximate surface area is 102 Å². The van der Waals surface area contributed by atoms with Crippen molar-refractivity contribution >= 4 is 0 Å². The molecule has 0 amide bonds. The quantitative estimate of drug-likeness (QED) is 0.775. The van der Waals surface area contributed by atoms with E-state index < -0.39 is 0 Å². The average molecular weight is 226 g/mol. The summed E-state index contributed by atoms with van der Waals surface area (Å²) in [6, 6.07) is 0.689. The van der Waals surface area contributed by atoms with Gasteiger partial charge in [-0.25, -0.2) is 0 Å². The highest BCUT2D eigenvalue weighted by Crippen LogP contribution is 2.23. The predicted molar refractivity (Wildman–Crippen MR) is 71.7 cm³/mol. The Balaban J connectivity index is 2.23. The Hall–Kier alpha value is -0.0800. The monoisotopic (exact) mass is 226 g/mol. The van der Waals surface area contributed by atoms with Gasteiger partial charge in [0.25, 0.3) is 0 Å². The molecule has 1 fully saturated rings. The standard InChI is InChI=1S/C14H30N2/c1-11(2)8-15-9-14(5)16-7-6-12(3)13(4)10-16/h11-15H,6-10H2,1-5H3. The van der Waals surface area contributed by atoms with E-state index in [0.717, 1.165) is 30.8 Å². The Morgan fingerprint density at radius 2 is 1.81 bits per heavy atom. The largest absolute Gasteiger partial charge is 0.315 e. The molecule has 0 spiro atoms. The van der Waals surface area contributed by atoms with Crippen molar-refractivity contribution in [2.24, 2.45) is 17.8 Å². The van der Waals surface area contributed by atoms with E-state index in [9.17, 15) is 0 Å². The molecule has 2 heteroatoms. The van der Waals surface area contributed by atoms with Crippen molar-refractivity contribution in [2.75, 3.05) is 26.2 Å². The van der Waals surface area contributed by atoms with Gasteiger partial charge in [0.15, 0.2) is 0 Å². The number of piperidine rings is 1. The topological polar surface area (TPSA) is 15.3 Å². The summed E-state index contributed by atoms with van der Waals surface area (Å²) in [5.41, 5.74) is 0. The Kier molecular flexibility index (Phi) is 5.77. The van der Waals surface area contributed by atoms with Crippen LogP contribution in [0.4, 0.5) is 0 Å². The van der Waals surface area contributed by atoms with Crippen LogP contribution in [0.15, 0.2) is 0 Å². The molecule has 0 aromatic heterocycles. The summed E-state index contributed by atoms with van der Waals surface area (Å²) in [5, 5.41) is 3.57. The van der Waals surface area contributed by atoms with Crippen molar-refractivity contribution in [3.8, 4) is 0 Å². The average Bonchev–Trinajstić information content (AvgIpc) is 2.21. The molecule has 3 unspecified atom stereocenters. The number of nitrogens with zero attached hydrogens (tertiary/aromatic N) is 1. The zero-order chi connectivity index (χ0) is 12.1. The van der Waals surface area contributed by atoms with Crippen molar-refractivity contribution in [2.45, 2.75) is 47.1 Å². The molecule has 0 aliphatic carbocycles. The number of nitrogens with one attached hydrogen (secondary N) is 1. The fourth-order valence-corrected chi connectivity index (χ4v) is 2.41. The van der Waals surface area contributed by atoms with Crippen LogP contribution in [-0.2, 0) is 0 Å². The number of likely N-dealkylation sites (tertiary alicyclic amines) is 1. The molecule has 1 rings (SSSR count). The predicted octanol–water partition coefficient (Wildman–Crippen LogP) is 2.60. The van der Waals surface area contributed by atoms with Crippen LogP contribution in [0.1, 0.15) is 41.0 Å². The fourth-order valence-electron chi connectivity index (χ4n) is 2.41. The highest BCUT2D eigenvalue weighted by Gasteiger charge is 2.25. The van der Waals surface area contributed by atoms with Gasteiger partial charge in [0.2, 0.25) is 0 Å². The van der Waals surface area contributed by atoms with E-state index >= 15 is 0 Å². The zero-order valence-corrected chi connectivity index (χ0v) is 11.8. The van der Waals surface area contributed by atoms with Crippen molar-refractivity contribution < 1.29 is 0 Å². The second-order valence-electron chi connectivity index (χ2n) is 6.14. The van der Waals surface area contributed by atoms with Gasteiger partial charge in [0.1, 0.15) is 0 Å². The molecule has 16 heavy (non-hydrogen) atoms. The van der Waals surface area contributed by atoms with Crippen LogP contribution in [-0.4, -0.2) is 37.1 Å². The molecule has 0 aromatic rings. The van der Waals surface area contributed by atoms with E-state index in [1.807, 2.05) is 0 Å². The Morgan fingerprint density at radius 3 is 2.38 bits per heavy atom. The van der Waals surface area contributed by atoms with Crippen LogP contribution in [0.3, 0.4) is 0 Å². The Morgan fingerprint density at radius 1 is 1.12 bits per heavy atom. The number of rotatable bonds is 5. The molecular formula is C14H30N2. The first-order chi connectivity index (χ1) is 7.50. The lowest BCUT2D eigenvalue weighted by molar-refractivity contribution is 0.102. The van der Waals surface area contributed by atoms with Gasteiger partial charge in [-0.15, -0.1) is 0 Å². The minimum absolute atomic E-state index is 0.689. The Bertz CT molecular complexity index is 191. The van der Waals surface area contributed by atoms with E-state index in [-0.39, 0.29) is 0 Å². The molecule has 1 saturated heterocycles. The molecule has 96 valence electrons. The van der Waals surface area contributed by atoms with E-state index in [0.29, 0.717) is 6.04 Å². The minimum Gasteiger partial charge on any atom is -0.315 e. The maximum Gasteiger partial charge on any atom is 0.0192 e. The van der Waals surface area contributed by atoms with Gasteiger partial charge in [-0.2, -0.15) is 0 Å². The molecule has 2 nitrogen and oxygen atoms in total. The van der Waals surface area contributed by atoms with Crippen LogP contribution in [0, 0.1) is 17.8 Å². The summed E-state index contributed by atoms with van der Waals surface area (Å²) in [5.74, 6) is 2.53. The van der Waals surface area contributed by atoms with E-state index in [1.54, 1.807) is 0 Å². The number of hydrogen-bond acceptors (Lipinski definition) is 2. The first-order valence-electron chi connectivity index (χ1n) is 6.95. The first kappa shape index (κ1) is 14.0. The second-order valence-corrected chi connectivity index (χ2v) is 6.14. The maximum absolute atomic E-state index is 3.57. The molecule has 1 N–H and O–H groups in total. The van der Waals surface area contributed by atoms with Crippen LogP contribution in [0.2, 0.25) is 0 Å². The lowest BCUT2D eigenvalue weighted by Gasteiger charge is -2.39. The third-order valence-electron chi connectivity index (χ3n) is 3.98. The third kappa shape index (κ3) is 4.42. The summed E-state index contributed by atoms with van der Waals surface area (Å²) in [7, 11) is 0. The molecular weight excluding hydrogens is 196 g/mol. The van der Waals surface area contributed by atoms with Gasteiger partial charge < -0.3 is 5.32 Å². The van der Waals surface area contributed by atoms with Crippen molar-refractivity contribution in [1.82, 2.24) is 10.2 Å². The maximum atomic E-state index is 3.57. The summed E-state index contributed by atoms with van der Waals surface area (Å²) < 4.78 is 0. The highest BCUT2D eigenvalue weighted by molar-refractivity contribution is 4.79. The summed E-state index contributed by atoms with van der Waals surface area (Å²) >= 11 is 0. The first-order valence-corrected chi connectivity index (χ1v) is 6.95. The molecule has 0 aromatic carbocycles. The van der Waals surface area contributed by atoms with Gasteiger partial charge in [0.05, 0.1) is 0 Å². The molecule has 0 radical (unpaired) electrons. The molecule has 1 aliphatic rings. The van der Waals surface area contributed by atoms with E-state index in [1.165, 1.54) is 19.5 Å². The minimum atomic E-state index is 0.689. The fraction of sp³-hybridized carbons (Fsp3) is 1.00. The zero-order valence-electron chi connectivity index (χ0n) is 11.8. The van der Waals surface area contributed by atoms with Gasteiger partial charge in [0, 0.05) is 19.1 Å². The van der Waals surface area contributed by atoms with Gasteiger partial charge in [-0.05, 0) is 44.2 Å². The third-order valence-corrected chi connectivity index (χ3v) is 3.98. The summed E-state index contributed by atoms with van der Waals surface area (Å²) in [6.45, 7) is 16.5. The van der Waals surface area contributed by atoms with Crippen LogP contribution in [0.25, 0.3) is 0 Å². The number of hydrogen-bond donors (Lipinski definition) is 1. The van der Waals surface area contributed by atoms with Crippen molar-refractivity contribution in [3.63, 3.8) is 0 Å². The highest BCUT2D eigenvalue weighted by atomic mass is 15.2. The van der Waals surface area contributed by atoms with E-state index in [4.69, 9.17) is 0 Å². The van der Waals surface area contributed by atoms with E-state index in [2.05, 4.69) is 44.8 Å². The lowest BCUT2D eigenvalue weighted by Crippen LogP contribution is -2.47. The summed E-state index contributed by atoms with van der Waals surface area (Å²) in [6.07, 6.45) is 1.37. The molecule has 1 heterocycles. The SMILES string of the molecule is CC(C)CNCC(C)N1CCC(C)C(C)C1. The van der Waals surface area contributed by atoms with Crippen molar-refractivity contribution in [3.05, 3.63) is 0 Å². The second kappa shape index (κ2) is 6.61. The molecule has 0 bridgehead atoms.